The molecule has 15 heavy (non-hydrogen) atoms. The van der Waals surface area contributed by atoms with Crippen molar-refractivity contribution in [1.82, 2.24) is 4.90 Å². The van der Waals surface area contributed by atoms with E-state index >= 15 is 0 Å². The van der Waals surface area contributed by atoms with Gasteiger partial charge in [-0.2, -0.15) is 0 Å². The number of alkyl halides is 1. The van der Waals surface area contributed by atoms with Gasteiger partial charge in [-0.05, 0) is 27.1 Å². The summed E-state index contributed by atoms with van der Waals surface area (Å²) in [5.41, 5.74) is -1.24. The van der Waals surface area contributed by atoms with Crippen molar-refractivity contribution in [3.63, 3.8) is 0 Å². The average Bonchev–Trinajstić information content (AvgIpc) is 2.22. The van der Waals surface area contributed by atoms with Crippen molar-refractivity contribution in [2.75, 3.05) is 13.0 Å². The van der Waals surface area contributed by atoms with E-state index in [-0.39, 0.29) is 0 Å². The summed E-state index contributed by atoms with van der Waals surface area (Å²) in [5.74, 6) is 0. The molecule has 0 spiro atoms. The smallest absolute Gasteiger partial charge is 0.410 e. The summed E-state index contributed by atoms with van der Waals surface area (Å²) in [6.07, 6.45) is -14.1. The van der Waals surface area contributed by atoms with Gasteiger partial charge in [-0.25, -0.2) is 9.18 Å². The van der Waals surface area contributed by atoms with Crippen molar-refractivity contribution < 1.29 is 30.0 Å². The van der Waals surface area contributed by atoms with E-state index in [4.69, 9.17) is 15.7 Å². The lowest BCUT2D eigenvalue weighted by atomic mass is 10.1. The fourth-order valence-electron chi connectivity index (χ4n) is 0.742. The summed E-state index contributed by atoms with van der Waals surface area (Å²) in [6, 6.07) is 0. The van der Waals surface area contributed by atoms with Gasteiger partial charge in [0.05, 0.1) is 18.1 Å². The third-order valence-electron chi connectivity index (χ3n) is 1.28. The second-order valence-corrected chi connectivity index (χ2v) is 3.83. The summed E-state index contributed by atoms with van der Waals surface area (Å²) in [4.78, 5) is 11.5. The first kappa shape index (κ1) is 4.99. The maximum Gasteiger partial charge on any atom is 0.410 e. The Morgan fingerprint density at radius 3 is 2.87 bits per heavy atom. The Balaban J connectivity index is 3.60. The SMILES string of the molecule is [2H]C1([2H])N(C(=O)OC(C)(C)C)C([2H])([2H])C([2H])(F)C([2H])(O)C1([2H])[2H]. The van der Waals surface area contributed by atoms with Crippen molar-refractivity contribution in [2.24, 2.45) is 0 Å². The molecule has 5 heteroatoms. The summed E-state index contributed by atoms with van der Waals surface area (Å²) in [7, 11) is 0. The molecule has 4 nitrogen and oxygen atoms in total. The Hall–Kier alpha value is -0.840. The van der Waals surface area contributed by atoms with E-state index in [1.165, 1.54) is 20.8 Å². The zero-order valence-electron chi connectivity index (χ0n) is 16.6. The van der Waals surface area contributed by atoms with Gasteiger partial charge in [-0.3, -0.25) is 0 Å². The number of halogens is 1. The highest BCUT2D eigenvalue weighted by Crippen LogP contribution is 2.17. The zero-order valence-corrected chi connectivity index (χ0v) is 8.59. The fraction of sp³-hybridized carbons (Fsp3) is 0.900. The Morgan fingerprint density at radius 2 is 2.33 bits per heavy atom. The van der Waals surface area contributed by atoms with Crippen LogP contribution in [0.2, 0.25) is 0 Å². The number of rotatable bonds is 0. The van der Waals surface area contributed by atoms with E-state index in [2.05, 4.69) is 0 Å². The maximum atomic E-state index is 14.5. The molecule has 1 aliphatic rings. The molecule has 0 saturated carbocycles. The summed E-state index contributed by atoms with van der Waals surface area (Å²) in [5, 5.41) is 9.70. The van der Waals surface area contributed by atoms with Crippen molar-refractivity contribution in [2.45, 2.75) is 45.0 Å². The predicted octanol–water partition coefficient (Wildman–Crippen LogP) is 1.33. The number of carbonyl (C=O) groups is 1. The van der Waals surface area contributed by atoms with Gasteiger partial charge in [-0.1, -0.05) is 0 Å². The third kappa shape index (κ3) is 3.66. The van der Waals surface area contributed by atoms with Crippen LogP contribution in [0.15, 0.2) is 0 Å². The van der Waals surface area contributed by atoms with E-state index in [1.807, 2.05) is 0 Å². The minimum atomic E-state index is -4.40. The molecule has 1 aliphatic heterocycles. The van der Waals surface area contributed by atoms with Crippen molar-refractivity contribution in [3.8, 4) is 0 Å². The van der Waals surface area contributed by atoms with Gasteiger partial charge in [-0.15, -0.1) is 0 Å². The van der Waals surface area contributed by atoms with Crippen LogP contribution in [0.4, 0.5) is 9.18 Å². The van der Waals surface area contributed by atoms with Crippen LogP contribution in [0.5, 0.6) is 0 Å². The van der Waals surface area contributed by atoms with E-state index in [0.717, 1.165) is 0 Å². The molecule has 2 unspecified atom stereocenters. The second-order valence-electron chi connectivity index (χ2n) is 3.83. The number of amides is 1. The van der Waals surface area contributed by atoms with Crippen LogP contribution in [-0.2, 0) is 4.74 Å². The first-order valence-electron chi connectivity index (χ1n) is 8.20. The molecule has 1 amide bonds. The molecule has 2 atom stereocenters. The minimum absolute atomic E-state index is 0.554. The molecule has 1 saturated heterocycles. The molecule has 1 N–H and O–H groups in total. The highest BCUT2D eigenvalue weighted by Gasteiger charge is 2.32. The van der Waals surface area contributed by atoms with Crippen LogP contribution in [0.3, 0.4) is 0 Å². The largest absolute Gasteiger partial charge is 0.444 e. The molecule has 1 rings (SSSR count). The quantitative estimate of drug-likeness (QED) is 0.679. The topological polar surface area (TPSA) is 49.8 Å². The Morgan fingerprint density at radius 1 is 1.73 bits per heavy atom. The molecule has 0 aliphatic carbocycles. The first-order valence-corrected chi connectivity index (χ1v) is 4.20. The monoisotopic (exact) mass is 227 g/mol. The number of nitrogens with zero attached hydrogens (tertiary/aromatic N) is 1. The van der Waals surface area contributed by atoms with E-state index < -0.39 is 48.2 Å². The van der Waals surface area contributed by atoms with Gasteiger partial charge in [0.15, 0.2) is 0 Å². The number of aliphatic hydroxyl groups is 1. The second kappa shape index (κ2) is 4.35. The molecule has 0 radical (unpaired) electrons. The average molecular weight is 227 g/mol. The molecule has 0 aromatic heterocycles. The fourth-order valence-corrected chi connectivity index (χ4v) is 0.742. The molecular weight excluding hydrogens is 201 g/mol. The molecule has 0 aromatic carbocycles. The van der Waals surface area contributed by atoms with Crippen molar-refractivity contribution in [1.29, 1.82) is 0 Å². The third-order valence-corrected chi connectivity index (χ3v) is 1.28. The van der Waals surface area contributed by atoms with Crippen LogP contribution in [0.25, 0.3) is 0 Å². The predicted molar refractivity (Wildman–Crippen MR) is 53.3 cm³/mol. The number of carbonyl (C=O) groups excluding carboxylic acids is 1. The van der Waals surface area contributed by atoms with Gasteiger partial charge in [0.25, 0.3) is 0 Å². The highest BCUT2D eigenvalue weighted by molar-refractivity contribution is 5.68. The van der Waals surface area contributed by atoms with E-state index in [1.54, 1.807) is 0 Å². The normalized spacial score (nSPS) is 55.4. The molecule has 1 heterocycles. The van der Waals surface area contributed by atoms with E-state index in [9.17, 15) is 14.3 Å². The molecular formula is C10H18FNO3. The number of hydrogen-bond donors (Lipinski definition) is 1. The zero-order chi connectivity index (χ0) is 18.9. The van der Waals surface area contributed by atoms with Crippen LogP contribution >= 0.6 is 0 Å². The van der Waals surface area contributed by atoms with Crippen molar-refractivity contribution >= 4 is 6.09 Å². The summed E-state index contributed by atoms with van der Waals surface area (Å²) in [6.45, 7) is -3.48. The first-order chi connectivity index (χ1) is 9.75. The minimum Gasteiger partial charge on any atom is -0.444 e. The van der Waals surface area contributed by atoms with Crippen LogP contribution in [0, 0.1) is 0 Å². The number of piperidine rings is 1. The molecule has 0 bridgehead atoms. The van der Waals surface area contributed by atoms with Crippen LogP contribution in [0.1, 0.15) is 38.1 Å². The van der Waals surface area contributed by atoms with Gasteiger partial charge in [0.1, 0.15) is 11.7 Å². The number of likely N-dealkylation sites (tertiary alicyclic amines) is 1. The van der Waals surface area contributed by atoms with Crippen molar-refractivity contribution in [3.05, 3.63) is 0 Å². The van der Waals surface area contributed by atoms with Gasteiger partial charge in [0, 0.05) is 12.0 Å². The van der Waals surface area contributed by atoms with E-state index in [0.29, 0.717) is 0 Å². The Bertz CT molecular complexity index is 487. The maximum absolute atomic E-state index is 14.5. The number of ether oxygens (including phenoxy) is 1. The molecule has 1 fully saturated rings. The Kier molecular flexibility index (Phi) is 1.45. The highest BCUT2D eigenvalue weighted by atomic mass is 19.1. The summed E-state index contributed by atoms with van der Waals surface area (Å²) < 4.78 is 79.3. The lowest BCUT2D eigenvalue weighted by molar-refractivity contribution is -0.0175. The lowest BCUT2D eigenvalue weighted by Gasteiger charge is -2.33. The van der Waals surface area contributed by atoms with Crippen LogP contribution < -0.4 is 0 Å². The number of hydrogen-bond acceptors (Lipinski definition) is 3. The Labute approximate surface area is 100 Å². The van der Waals surface area contributed by atoms with Gasteiger partial charge in [0.2, 0.25) is 0 Å². The summed E-state index contributed by atoms with van der Waals surface area (Å²) >= 11 is 0. The van der Waals surface area contributed by atoms with Gasteiger partial charge < -0.3 is 14.7 Å². The standard InChI is InChI=1S/C10H18FNO3/c1-10(2,3)15-9(14)12-5-4-8(13)7(11)6-12/h7-8,13H,4-6H2,1-3H3/i4D2,5D2,6D2,7D,8D. The van der Waals surface area contributed by atoms with Gasteiger partial charge >= 0.3 is 6.09 Å². The molecule has 88 valence electrons. The van der Waals surface area contributed by atoms with Crippen LogP contribution in [-0.4, -0.2) is 46.9 Å². The molecule has 0 aromatic rings. The lowest BCUT2D eigenvalue weighted by Crippen LogP contribution is -2.48.